The van der Waals surface area contributed by atoms with Gasteiger partial charge in [-0.1, -0.05) is 60.7 Å². The third kappa shape index (κ3) is 5.57. The zero-order valence-electron chi connectivity index (χ0n) is 18.7. The molecule has 1 heterocycles. The highest BCUT2D eigenvalue weighted by Gasteiger charge is 2.33. The van der Waals surface area contributed by atoms with Crippen LogP contribution >= 0.6 is 0 Å². The lowest BCUT2D eigenvalue weighted by Crippen LogP contribution is -3.13. The normalized spacial score (nSPS) is 16.2. The smallest absolute Gasteiger partial charge is 0.338 e. The van der Waals surface area contributed by atoms with E-state index in [0.29, 0.717) is 5.56 Å². The van der Waals surface area contributed by atoms with Crippen LogP contribution in [0.2, 0.25) is 0 Å². The van der Waals surface area contributed by atoms with E-state index in [9.17, 15) is 4.79 Å². The Hall–Kier alpha value is -3.11. The summed E-state index contributed by atoms with van der Waals surface area (Å²) in [5, 5.41) is 0. The number of likely N-dealkylation sites (tertiary alicyclic amines) is 1. The molecule has 4 heteroatoms. The Labute approximate surface area is 190 Å². The van der Waals surface area contributed by atoms with Crippen molar-refractivity contribution in [1.82, 2.24) is 0 Å². The maximum atomic E-state index is 13.1. The summed E-state index contributed by atoms with van der Waals surface area (Å²) in [6.45, 7) is 3.28. The van der Waals surface area contributed by atoms with Gasteiger partial charge in [-0.15, -0.1) is 0 Å². The molecule has 0 aliphatic carbocycles. The van der Waals surface area contributed by atoms with E-state index in [1.807, 2.05) is 48.5 Å². The average Bonchev–Trinajstić information content (AvgIpc) is 2.88. The van der Waals surface area contributed by atoms with Crippen molar-refractivity contribution in [3.63, 3.8) is 0 Å². The van der Waals surface area contributed by atoms with E-state index in [1.165, 1.54) is 37.9 Å². The maximum Gasteiger partial charge on any atom is 0.338 e. The van der Waals surface area contributed by atoms with Crippen LogP contribution in [-0.4, -0.2) is 32.7 Å². The van der Waals surface area contributed by atoms with Crippen molar-refractivity contribution in [2.75, 3.05) is 26.7 Å². The van der Waals surface area contributed by atoms with Crippen LogP contribution in [0.25, 0.3) is 0 Å². The van der Waals surface area contributed by atoms with E-state index < -0.39 is 0 Å². The van der Waals surface area contributed by atoms with Gasteiger partial charge < -0.3 is 14.4 Å². The van der Waals surface area contributed by atoms with E-state index in [2.05, 4.69) is 24.3 Å². The van der Waals surface area contributed by atoms with Crippen molar-refractivity contribution in [3.8, 4) is 5.75 Å². The van der Waals surface area contributed by atoms with Crippen LogP contribution in [0.1, 0.15) is 52.8 Å². The number of esters is 1. The third-order valence-corrected chi connectivity index (χ3v) is 6.35. The van der Waals surface area contributed by atoms with Crippen molar-refractivity contribution in [2.24, 2.45) is 0 Å². The fourth-order valence-corrected chi connectivity index (χ4v) is 4.60. The summed E-state index contributed by atoms with van der Waals surface area (Å²) in [6, 6.07) is 27.6. The Morgan fingerprint density at radius 3 is 2.06 bits per heavy atom. The van der Waals surface area contributed by atoms with Gasteiger partial charge in [0, 0.05) is 0 Å². The van der Waals surface area contributed by atoms with Gasteiger partial charge in [-0.2, -0.15) is 0 Å². The zero-order chi connectivity index (χ0) is 22.2. The molecule has 0 aromatic heterocycles. The van der Waals surface area contributed by atoms with Gasteiger partial charge in [-0.25, -0.2) is 4.79 Å². The zero-order valence-corrected chi connectivity index (χ0v) is 18.7. The Kier molecular flexibility index (Phi) is 7.57. The van der Waals surface area contributed by atoms with E-state index in [4.69, 9.17) is 9.47 Å². The number of benzene rings is 3. The molecule has 3 aromatic rings. The fourth-order valence-electron chi connectivity index (χ4n) is 4.60. The number of rotatable bonds is 8. The molecule has 166 valence electrons. The summed E-state index contributed by atoms with van der Waals surface area (Å²) in [7, 11) is 1.66. The summed E-state index contributed by atoms with van der Waals surface area (Å²) >= 11 is 0. The van der Waals surface area contributed by atoms with Gasteiger partial charge in [0.15, 0.2) is 0 Å². The number of hydrogen-bond donors (Lipinski definition) is 1. The summed E-state index contributed by atoms with van der Waals surface area (Å²) in [4.78, 5) is 14.7. The first-order valence-electron chi connectivity index (χ1n) is 11.5. The lowest BCUT2D eigenvalue weighted by atomic mass is 9.87. The van der Waals surface area contributed by atoms with Crippen molar-refractivity contribution >= 4 is 5.97 Å². The van der Waals surface area contributed by atoms with Crippen LogP contribution in [0.4, 0.5) is 0 Å². The number of carbonyl (C=O) groups is 1. The molecule has 4 nitrogen and oxygen atoms in total. The van der Waals surface area contributed by atoms with Crippen molar-refractivity contribution in [1.29, 1.82) is 0 Å². The van der Waals surface area contributed by atoms with Crippen molar-refractivity contribution < 1.29 is 19.2 Å². The number of piperidine rings is 1. The molecular weight excluding hydrogens is 398 g/mol. The predicted octanol–water partition coefficient (Wildman–Crippen LogP) is 4.45. The molecule has 1 aliphatic heterocycles. The topological polar surface area (TPSA) is 40.0 Å². The predicted molar refractivity (Wildman–Crippen MR) is 126 cm³/mol. The lowest BCUT2D eigenvalue weighted by Gasteiger charge is -2.32. The number of hydrogen-bond acceptors (Lipinski definition) is 3. The molecule has 1 aliphatic rings. The second-order valence-corrected chi connectivity index (χ2v) is 8.50. The molecule has 3 aromatic carbocycles. The molecule has 0 amide bonds. The monoisotopic (exact) mass is 430 g/mol. The van der Waals surface area contributed by atoms with Gasteiger partial charge in [0.1, 0.15) is 11.9 Å². The summed E-state index contributed by atoms with van der Waals surface area (Å²) in [5.74, 6) is 0.561. The number of nitrogens with one attached hydrogen (secondary N) is 1. The fraction of sp³-hybridized carbons (Fsp3) is 0.321. The highest BCUT2D eigenvalue weighted by atomic mass is 16.5. The summed E-state index contributed by atoms with van der Waals surface area (Å²) in [6.07, 6.45) is 3.44. The quantitative estimate of drug-likeness (QED) is 0.537. The van der Waals surface area contributed by atoms with Gasteiger partial charge >= 0.3 is 5.97 Å². The number of carbonyl (C=O) groups excluding carboxylic acids is 1. The van der Waals surface area contributed by atoms with Gasteiger partial charge in [0.25, 0.3) is 0 Å². The van der Waals surface area contributed by atoms with Gasteiger partial charge in [0.2, 0.25) is 0 Å². The van der Waals surface area contributed by atoms with Crippen molar-refractivity contribution in [2.45, 2.75) is 31.3 Å². The second-order valence-electron chi connectivity index (χ2n) is 8.50. The maximum absolute atomic E-state index is 13.1. The van der Waals surface area contributed by atoms with Gasteiger partial charge in [0.05, 0.1) is 38.2 Å². The highest BCUT2D eigenvalue weighted by molar-refractivity contribution is 5.89. The lowest BCUT2D eigenvalue weighted by molar-refractivity contribution is -0.906. The molecule has 4 rings (SSSR count). The largest absolute Gasteiger partial charge is 0.497 e. The van der Waals surface area contributed by atoms with Gasteiger partial charge in [-0.3, -0.25) is 0 Å². The Bertz CT molecular complexity index is 967. The van der Waals surface area contributed by atoms with Crippen LogP contribution in [0.3, 0.4) is 0 Å². The van der Waals surface area contributed by atoms with E-state index >= 15 is 0 Å². The molecule has 32 heavy (non-hydrogen) atoms. The Morgan fingerprint density at radius 2 is 1.44 bits per heavy atom. The Morgan fingerprint density at radius 1 is 0.812 bits per heavy atom. The second kappa shape index (κ2) is 11.0. The van der Waals surface area contributed by atoms with Crippen LogP contribution in [-0.2, 0) is 4.74 Å². The minimum absolute atomic E-state index is 0.0605. The summed E-state index contributed by atoms with van der Waals surface area (Å²) < 4.78 is 11.6. The average molecular weight is 431 g/mol. The van der Waals surface area contributed by atoms with Crippen molar-refractivity contribution in [3.05, 3.63) is 102 Å². The molecule has 1 N–H and O–H groups in total. The number of quaternary nitrogens is 1. The van der Waals surface area contributed by atoms with E-state index in [0.717, 1.165) is 17.9 Å². The molecule has 1 fully saturated rings. The first-order chi connectivity index (χ1) is 15.7. The molecule has 2 atom stereocenters. The first kappa shape index (κ1) is 22.1. The number of ether oxygens (including phenoxy) is 2. The van der Waals surface area contributed by atoms with Crippen LogP contribution < -0.4 is 9.64 Å². The molecule has 0 bridgehead atoms. The minimum atomic E-state index is -0.384. The molecule has 1 saturated heterocycles. The molecule has 0 saturated carbocycles. The minimum Gasteiger partial charge on any atom is -0.497 e. The third-order valence-electron chi connectivity index (χ3n) is 6.35. The SMILES string of the molecule is COc1ccc([C@H](OC(=O)c2ccccc2)[C@H](C[NH+]2CCCCC2)c2ccccc2)cc1. The standard InChI is InChI=1S/C28H31NO3/c1-31-25-17-15-23(16-18-25)27(32-28(30)24-13-7-3-8-14-24)26(22-11-5-2-6-12-22)21-29-19-9-4-10-20-29/h2-3,5-8,11-18,26-27H,4,9-10,19-21H2,1H3/p+1/t26-,27+/m1/s1. The first-order valence-corrected chi connectivity index (χ1v) is 11.5. The van der Waals surface area contributed by atoms with Crippen LogP contribution in [0.15, 0.2) is 84.9 Å². The molecule has 0 radical (unpaired) electrons. The van der Waals surface area contributed by atoms with Crippen LogP contribution in [0.5, 0.6) is 5.75 Å². The number of methoxy groups -OCH3 is 1. The molecular formula is C28H32NO3+. The Balaban J connectivity index is 1.69. The van der Waals surface area contributed by atoms with E-state index in [-0.39, 0.29) is 18.0 Å². The highest BCUT2D eigenvalue weighted by Crippen LogP contribution is 2.35. The van der Waals surface area contributed by atoms with E-state index in [1.54, 1.807) is 24.1 Å². The molecule has 0 unspecified atom stereocenters. The van der Waals surface area contributed by atoms with Crippen LogP contribution in [0, 0.1) is 0 Å². The molecule has 0 spiro atoms. The van der Waals surface area contributed by atoms with Gasteiger partial charge in [-0.05, 0) is 54.7 Å². The summed E-state index contributed by atoms with van der Waals surface area (Å²) in [5.41, 5.74) is 2.76.